The summed E-state index contributed by atoms with van der Waals surface area (Å²) in [7, 11) is 0. The van der Waals surface area contributed by atoms with Gasteiger partial charge in [-0.05, 0) is 25.0 Å². The highest BCUT2D eigenvalue weighted by molar-refractivity contribution is 5.95. The van der Waals surface area contributed by atoms with E-state index in [9.17, 15) is 18.0 Å². The summed E-state index contributed by atoms with van der Waals surface area (Å²) in [5.74, 6) is 0.343. The van der Waals surface area contributed by atoms with Crippen LogP contribution in [0.25, 0.3) is 28.2 Å². The first kappa shape index (κ1) is 23.8. The summed E-state index contributed by atoms with van der Waals surface area (Å²) in [5, 5.41) is 6.04. The molecule has 0 aliphatic heterocycles. The maximum atomic E-state index is 12.4. The number of hydrogen-bond donors (Lipinski definition) is 2. The van der Waals surface area contributed by atoms with Crippen molar-refractivity contribution in [1.29, 1.82) is 0 Å². The smallest absolute Gasteiger partial charge is 0.370 e. The van der Waals surface area contributed by atoms with Gasteiger partial charge in [-0.2, -0.15) is 13.2 Å². The van der Waals surface area contributed by atoms with Crippen molar-refractivity contribution < 1.29 is 22.7 Å². The number of nitrogens with zero attached hydrogens (tertiary/aromatic N) is 3. The zero-order valence-electron chi connectivity index (χ0n) is 19.3. The first-order chi connectivity index (χ1) is 17.4. The fourth-order valence-electron chi connectivity index (χ4n) is 3.79. The Labute approximate surface area is 205 Å². The molecule has 1 amide bonds. The van der Waals surface area contributed by atoms with E-state index in [2.05, 4.69) is 20.6 Å². The maximum absolute atomic E-state index is 12.4. The van der Waals surface area contributed by atoms with Crippen molar-refractivity contribution in [2.75, 3.05) is 25.1 Å². The molecule has 2 aromatic heterocycles. The minimum Gasteiger partial charge on any atom is -0.370 e. The van der Waals surface area contributed by atoms with Crippen molar-refractivity contribution in [2.45, 2.75) is 25.1 Å². The van der Waals surface area contributed by atoms with Crippen LogP contribution in [0.3, 0.4) is 0 Å². The number of rotatable bonds is 9. The number of halogens is 3. The van der Waals surface area contributed by atoms with Crippen molar-refractivity contribution in [3.05, 3.63) is 72.6 Å². The quantitative estimate of drug-likeness (QED) is 0.322. The minimum absolute atomic E-state index is 0.0861. The molecule has 0 bridgehead atoms. The van der Waals surface area contributed by atoms with E-state index >= 15 is 0 Å². The summed E-state index contributed by atoms with van der Waals surface area (Å²) in [5.41, 5.74) is 4.30. The number of nitrogens with one attached hydrogen (secondary N) is 2. The summed E-state index contributed by atoms with van der Waals surface area (Å²) >= 11 is 0. The number of imidazole rings is 1. The van der Waals surface area contributed by atoms with E-state index in [4.69, 9.17) is 4.74 Å². The van der Waals surface area contributed by atoms with E-state index in [1.54, 1.807) is 18.3 Å². The van der Waals surface area contributed by atoms with Gasteiger partial charge in [0.15, 0.2) is 11.5 Å². The van der Waals surface area contributed by atoms with Crippen molar-refractivity contribution in [1.82, 2.24) is 19.7 Å². The number of ether oxygens (including phenoxy) is 1. The summed E-state index contributed by atoms with van der Waals surface area (Å²) in [4.78, 5) is 21.5. The van der Waals surface area contributed by atoms with E-state index < -0.39 is 12.8 Å². The molecule has 1 aliphatic carbocycles. The van der Waals surface area contributed by atoms with Gasteiger partial charge in [0.25, 0.3) is 5.91 Å². The predicted octanol–water partition coefficient (Wildman–Crippen LogP) is 4.95. The van der Waals surface area contributed by atoms with Crippen LogP contribution < -0.4 is 10.6 Å². The fourth-order valence-corrected chi connectivity index (χ4v) is 3.79. The van der Waals surface area contributed by atoms with Crippen LogP contribution in [0.2, 0.25) is 0 Å². The molecule has 0 spiro atoms. The topological polar surface area (TPSA) is 80.5 Å². The van der Waals surface area contributed by atoms with Crippen LogP contribution in [-0.4, -0.2) is 52.3 Å². The molecule has 10 heteroatoms. The van der Waals surface area contributed by atoms with Gasteiger partial charge in [0.05, 0.1) is 24.2 Å². The third-order valence-electron chi connectivity index (χ3n) is 5.72. The molecule has 1 saturated carbocycles. The van der Waals surface area contributed by atoms with Gasteiger partial charge in [-0.25, -0.2) is 9.97 Å². The lowest BCUT2D eigenvalue weighted by atomic mass is 10.1. The van der Waals surface area contributed by atoms with Gasteiger partial charge in [-0.1, -0.05) is 42.5 Å². The Kier molecular flexibility index (Phi) is 6.60. The lowest BCUT2D eigenvalue weighted by Crippen LogP contribution is -2.25. The number of aromatic nitrogens is 3. The zero-order valence-corrected chi connectivity index (χ0v) is 19.3. The number of carbonyl (C=O) groups excluding carboxylic acids is 1. The molecule has 1 fully saturated rings. The molecule has 4 aromatic rings. The van der Waals surface area contributed by atoms with Crippen LogP contribution in [0.5, 0.6) is 0 Å². The summed E-state index contributed by atoms with van der Waals surface area (Å²) in [6.07, 6.45) is 1.25. The molecule has 1 aliphatic rings. The average molecular weight is 496 g/mol. The van der Waals surface area contributed by atoms with Gasteiger partial charge in [-0.3, -0.25) is 9.20 Å². The van der Waals surface area contributed by atoms with Crippen LogP contribution in [0.4, 0.5) is 19.0 Å². The largest absolute Gasteiger partial charge is 0.411 e. The first-order valence-electron chi connectivity index (χ1n) is 11.6. The Morgan fingerprint density at radius 2 is 1.81 bits per heavy atom. The van der Waals surface area contributed by atoms with E-state index in [0.717, 1.165) is 29.7 Å². The third-order valence-corrected chi connectivity index (χ3v) is 5.72. The molecule has 0 saturated heterocycles. The van der Waals surface area contributed by atoms with E-state index in [1.807, 2.05) is 53.1 Å². The fraction of sp³-hybridized carbons (Fsp3) is 0.269. The van der Waals surface area contributed by atoms with Gasteiger partial charge in [-0.15, -0.1) is 0 Å². The third kappa shape index (κ3) is 5.65. The highest BCUT2D eigenvalue weighted by Gasteiger charge is 2.27. The van der Waals surface area contributed by atoms with Crippen LogP contribution in [0, 0.1) is 0 Å². The Hall–Kier alpha value is -3.92. The number of alkyl halides is 3. The Morgan fingerprint density at radius 3 is 2.50 bits per heavy atom. The lowest BCUT2D eigenvalue weighted by Gasteiger charge is -2.12. The van der Waals surface area contributed by atoms with Gasteiger partial charge in [0, 0.05) is 35.5 Å². The molecule has 36 heavy (non-hydrogen) atoms. The molecule has 0 unspecified atom stereocenters. The van der Waals surface area contributed by atoms with Gasteiger partial charge >= 0.3 is 6.18 Å². The van der Waals surface area contributed by atoms with Gasteiger partial charge < -0.3 is 15.4 Å². The number of anilines is 1. The average Bonchev–Trinajstić information content (AvgIpc) is 3.58. The van der Waals surface area contributed by atoms with E-state index in [0.29, 0.717) is 22.7 Å². The summed E-state index contributed by atoms with van der Waals surface area (Å²) < 4.78 is 43.6. The van der Waals surface area contributed by atoms with Crippen molar-refractivity contribution in [2.24, 2.45) is 0 Å². The molecule has 186 valence electrons. The molecule has 7 nitrogen and oxygen atoms in total. The van der Waals surface area contributed by atoms with Crippen molar-refractivity contribution in [3.8, 4) is 22.5 Å². The second-order valence-corrected chi connectivity index (χ2v) is 8.60. The normalized spacial score (nSPS) is 13.6. The molecule has 5 rings (SSSR count). The number of benzene rings is 2. The Bertz CT molecular complexity index is 1350. The molecule has 2 N–H and O–H groups in total. The van der Waals surface area contributed by atoms with E-state index in [1.165, 1.54) is 0 Å². The van der Waals surface area contributed by atoms with Crippen molar-refractivity contribution >= 4 is 17.4 Å². The van der Waals surface area contributed by atoms with Crippen LogP contribution in [-0.2, 0) is 4.74 Å². The number of fused-ring (bicyclic) bond motifs is 1. The molecular weight excluding hydrogens is 471 g/mol. The predicted molar refractivity (Wildman–Crippen MR) is 130 cm³/mol. The minimum atomic E-state index is -4.37. The first-order valence-corrected chi connectivity index (χ1v) is 11.6. The van der Waals surface area contributed by atoms with Crippen LogP contribution >= 0.6 is 0 Å². The second-order valence-electron chi connectivity index (χ2n) is 8.60. The van der Waals surface area contributed by atoms with E-state index in [-0.39, 0.29) is 25.1 Å². The highest BCUT2D eigenvalue weighted by Crippen LogP contribution is 2.28. The van der Waals surface area contributed by atoms with Gasteiger partial charge in [0.1, 0.15) is 6.61 Å². The van der Waals surface area contributed by atoms with Crippen LogP contribution in [0.1, 0.15) is 23.2 Å². The monoisotopic (exact) mass is 495 g/mol. The Balaban J connectivity index is 1.43. The summed E-state index contributed by atoms with van der Waals surface area (Å²) in [6, 6.07) is 17.1. The maximum Gasteiger partial charge on any atom is 0.411 e. The second kappa shape index (κ2) is 9.98. The lowest BCUT2D eigenvalue weighted by molar-refractivity contribution is -0.172. The number of amides is 1. The SMILES string of the molecule is O=C(NC1CC1)c1ccc(-c2cnc3c(NCCOCC(F)(F)F)nc(-c4ccccc4)cn23)cc1. The molecule has 0 radical (unpaired) electrons. The molecular formula is C26H24F3N5O2. The molecule has 0 atom stereocenters. The standard InChI is InChI=1S/C26H24F3N5O2/c27-26(28,29)16-36-13-12-30-23-24-31-14-22(34(24)15-21(33-23)17-4-2-1-3-5-17)18-6-8-19(9-7-18)25(35)32-20-10-11-20/h1-9,14-15,20H,10-13,16H2,(H,30,33)(H,32,35). The van der Waals surface area contributed by atoms with Crippen molar-refractivity contribution in [3.63, 3.8) is 0 Å². The van der Waals surface area contributed by atoms with Crippen LogP contribution in [0.15, 0.2) is 67.0 Å². The zero-order chi connectivity index (χ0) is 25.1. The number of carbonyl (C=O) groups is 1. The molecule has 2 heterocycles. The van der Waals surface area contributed by atoms with Gasteiger partial charge in [0.2, 0.25) is 0 Å². The Morgan fingerprint density at radius 1 is 1.06 bits per heavy atom. The summed E-state index contributed by atoms with van der Waals surface area (Å²) in [6.45, 7) is -1.31. The highest BCUT2D eigenvalue weighted by atomic mass is 19.4. The molecule has 2 aromatic carbocycles. The number of hydrogen-bond acceptors (Lipinski definition) is 5.